The number of rotatable bonds is 6. The molecule has 98 valence electrons. The summed E-state index contributed by atoms with van der Waals surface area (Å²) in [6.45, 7) is -0.229. The molecule has 0 fully saturated rings. The Kier molecular flexibility index (Phi) is 3.65. The molecule has 1 heterocycles. The zero-order valence-electron chi connectivity index (χ0n) is 10.0. The number of hydrogen-bond donors (Lipinski definition) is 2. The molecular weight excluding hydrogens is 248 g/mol. The van der Waals surface area contributed by atoms with Crippen LogP contribution in [0.15, 0.2) is 23.5 Å². The first-order valence-electron chi connectivity index (χ1n) is 5.65. The molecule has 0 radical (unpaired) electrons. The highest BCUT2D eigenvalue weighted by Gasteiger charge is 2.21. The Balaban J connectivity index is 2.24. The molecule has 0 unspecified atom stereocenters. The number of carbonyl (C=O) groups is 2. The third kappa shape index (κ3) is 3.21. The summed E-state index contributed by atoms with van der Waals surface area (Å²) in [5.74, 6) is -1.09. The van der Waals surface area contributed by atoms with Crippen molar-refractivity contribution in [3.63, 3.8) is 0 Å². The number of aromatic nitrogens is 1. The van der Waals surface area contributed by atoms with Crippen molar-refractivity contribution in [2.45, 2.75) is 13.0 Å². The van der Waals surface area contributed by atoms with Gasteiger partial charge in [0.15, 0.2) is 0 Å². The van der Waals surface area contributed by atoms with E-state index in [2.05, 4.69) is 15.5 Å². The summed E-state index contributed by atoms with van der Waals surface area (Å²) in [7, 11) is 0. The second-order valence-corrected chi connectivity index (χ2v) is 4.11. The van der Waals surface area contributed by atoms with Crippen LogP contribution >= 0.6 is 0 Å². The van der Waals surface area contributed by atoms with Crippen molar-refractivity contribution < 1.29 is 9.59 Å². The molecule has 3 N–H and O–H groups in total. The summed E-state index contributed by atoms with van der Waals surface area (Å²) in [5, 5.41) is 5.17. The van der Waals surface area contributed by atoms with Crippen molar-refractivity contribution >= 4 is 17.4 Å². The monoisotopic (exact) mass is 260 g/mol. The average Bonchev–Trinajstić information content (AvgIpc) is 3.20. The van der Waals surface area contributed by atoms with Gasteiger partial charge in [0.2, 0.25) is 5.91 Å². The van der Waals surface area contributed by atoms with Crippen LogP contribution in [-0.2, 0) is 11.3 Å². The first-order chi connectivity index (χ1) is 9.11. The van der Waals surface area contributed by atoms with Crippen LogP contribution in [0.5, 0.6) is 0 Å². The van der Waals surface area contributed by atoms with Crippen LogP contribution in [0.1, 0.15) is 28.0 Å². The van der Waals surface area contributed by atoms with Gasteiger partial charge in [-0.2, -0.15) is 4.91 Å². The Morgan fingerprint density at radius 2 is 2.21 bits per heavy atom. The number of nitrogens with zero attached hydrogens (tertiary/aromatic N) is 2. The Bertz CT molecular complexity index is 580. The minimum absolute atomic E-state index is 0.0104. The van der Waals surface area contributed by atoms with E-state index >= 15 is 0 Å². The van der Waals surface area contributed by atoms with Crippen LogP contribution < -0.4 is 11.1 Å². The third-order valence-corrected chi connectivity index (χ3v) is 2.58. The SMILES string of the molecule is NC(=O)CNC(=O)c1ncc(CN=O)cc1C1=CC1. The second-order valence-electron chi connectivity index (χ2n) is 4.11. The molecule has 1 aromatic rings. The van der Waals surface area contributed by atoms with Gasteiger partial charge in [0.25, 0.3) is 5.91 Å². The van der Waals surface area contributed by atoms with Gasteiger partial charge in [-0.05, 0) is 23.6 Å². The molecule has 0 aliphatic heterocycles. The third-order valence-electron chi connectivity index (χ3n) is 2.58. The van der Waals surface area contributed by atoms with E-state index in [1.54, 1.807) is 6.07 Å². The van der Waals surface area contributed by atoms with Gasteiger partial charge in [0, 0.05) is 11.8 Å². The lowest BCUT2D eigenvalue weighted by molar-refractivity contribution is -0.117. The smallest absolute Gasteiger partial charge is 0.270 e. The molecule has 2 rings (SSSR count). The fourth-order valence-corrected chi connectivity index (χ4v) is 1.62. The molecule has 7 nitrogen and oxygen atoms in total. The van der Waals surface area contributed by atoms with Gasteiger partial charge in [-0.15, -0.1) is 0 Å². The van der Waals surface area contributed by atoms with Gasteiger partial charge in [-0.3, -0.25) is 14.6 Å². The first kappa shape index (κ1) is 12.9. The lowest BCUT2D eigenvalue weighted by atomic mass is 10.1. The highest BCUT2D eigenvalue weighted by molar-refractivity contribution is 6.00. The predicted molar refractivity (Wildman–Crippen MR) is 67.9 cm³/mol. The number of nitrogens with one attached hydrogen (secondary N) is 1. The summed E-state index contributed by atoms with van der Waals surface area (Å²) < 4.78 is 0. The lowest BCUT2D eigenvalue weighted by Gasteiger charge is -2.07. The van der Waals surface area contributed by atoms with Gasteiger partial charge in [-0.25, -0.2) is 0 Å². The normalized spacial score (nSPS) is 12.5. The molecule has 0 saturated carbocycles. The summed E-state index contributed by atoms with van der Waals surface area (Å²) in [6, 6.07) is 1.71. The van der Waals surface area contributed by atoms with Gasteiger partial charge >= 0.3 is 0 Å². The largest absolute Gasteiger partial charge is 0.368 e. The Morgan fingerprint density at radius 1 is 1.47 bits per heavy atom. The highest BCUT2D eigenvalue weighted by atomic mass is 16.3. The molecule has 0 saturated heterocycles. The van der Waals surface area contributed by atoms with Crippen LogP contribution in [0.4, 0.5) is 0 Å². The molecule has 2 amide bonds. The maximum Gasteiger partial charge on any atom is 0.270 e. The van der Waals surface area contributed by atoms with E-state index in [0.717, 1.165) is 12.0 Å². The Hall–Kier alpha value is -2.57. The van der Waals surface area contributed by atoms with E-state index in [-0.39, 0.29) is 18.8 Å². The summed E-state index contributed by atoms with van der Waals surface area (Å²) in [6.07, 6.45) is 4.16. The van der Waals surface area contributed by atoms with E-state index in [9.17, 15) is 14.5 Å². The van der Waals surface area contributed by atoms with Crippen LogP contribution in [0.3, 0.4) is 0 Å². The van der Waals surface area contributed by atoms with E-state index in [1.165, 1.54) is 6.20 Å². The van der Waals surface area contributed by atoms with Crippen LogP contribution in [-0.4, -0.2) is 23.3 Å². The number of pyridine rings is 1. The molecule has 1 aliphatic rings. The summed E-state index contributed by atoms with van der Waals surface area (Å²) in [4.78, 5) is 36.8. The molecular formula is C12H12N4O3. The van der Waals surface area contributed by atoms with Crippen LogP contribution in [0, 0.1) is 4.91 Å². The van der Waals surface area contributed by atoms with Gasteiger partial charge in [0.05, 0.1) is 6.54 Å². The van der Waals surface area contributed by atoms with E-state index in [4.69, 9.17) is 5.73 Å². The molecule has 0 atom stereocenters. The van der Waals surface area contributed by atoms with Gasteiger partial charge in [0.1, 0.15) is 12.2 Å². The minimum Gasteiger partial charge on any atom is -0.368 e. The fourth-order valence-electron chi connectivity index (χ4n) is 1.62. The number of nitrogens with two attached hydrogens (primary N) is 1. The zero-order chi connectivity index (χ0) is 13.8. The van der Waals surface area contributed by atoms with Gasteiger partial charge < -0.3 is 11.1 Å². The molecule has 7 heteroatoms. The minimum atomic E-state index is -0.623. The first-order valence-corrected chi connectivity index (χ1v) is 5.65. The van der Waals surface area contributed by atoms with E-state index in [0.29, 0.717) is 11.1 Å². The van der Waals surface area contributed by atoms with Crippen molar-refractivity contribution in [2.24, 2.45) is 10.9 Å². The number of nitroso groups, excluding NO2 is 1. The zero-order valence-corrected chi connectivity index (χ0v) is 10.0. The highest BCUT2D eigenvalue weighted by Crippen LogP contribution is 2.33. The number of carbonyl (C=O) groups excluding carboxylic acids is 2. The topological polar surface area (TPSA) is 115 Å². The molecule has 1 aliphatic carbocycles. The van der Waals surface area contributed by atoms with E-state index in [1.807, 2.05) is 6.08 Å². The van der Waals surface area contributed by atoms with Crippen molar-refractivity contribution in [3.8, 4) is 0 Å². The van der Waals surface area contributed by atoms with Crippen LogP contribution in [0.2, 0.25) is 0 Å². The molecule has 0 bridgehead atoms. The standard InChI is InChI=1S/C12H12N4O3/c13-10(17)6-15-12(18)11-9(8-1-2-8)3-7(4-14-11)5-16-19/h1,3-4H,2,5-6H2,(H2,13,17)(H,15,18). The Morgan fingerprint density at radius 3 is 2.79 bits per heavy atom. The number of primary amides is 1. The maximum absolute atomic E-state index is 11.9. The van der Waals surface area contributed by atoms with Gasteiger partial charge in [-0.1, -0.05) is 11.3 Å². The number of allylic oxidation sites excluding steroid dienone is 2. The fraction of sp³-hybridized carbons (Fsp3) is 0.250. The summed E-state index contributed by atoms with van der Waals surface area (Å²) in [5.41, 5.74) is 7.48. The summed E-state index contributed by atoms with van der Waals surface area (Å²) >= 11 is 0. The molecule has 0 spiro atoms. The average molecular weight is 260 g/mol. The van der Waals surface area contributed by atoms with E-state index < -0.39 is 11.8 Å². The number of hydrogen-bond acceptors (Lipinski definition) is 5. The molecule has 1 aromatic heterocycles. The quantitative estimate of drug-likeness (QED) is 0.718. The predicted octanol–water partition coefficient (Wildman–Crippen LogP) is 0.350. The maximum atomic E-state index is 11.9. The van der Waals surface area contributed by atoms with Crippen LogP contribution in [0.25, 0.3) is 5.57 Å². The van der Waals surface area contributed by atoms with Crippen molar-refractivity contribution in [2.75, 3.05) is 6.54 Å². The van der Waals surface area contributed by atoms with Crippen molar-refractivity contribution in [3.05, 3.63) is 40.1 Å². The molecule has 0 aromatic carbocycles. The Labute approximate surface area is 108 Å². The molecule has 19 heavy (non-hydrogen) atoms. The van der Waals surface area contributed by atoms with Crippen molar-refractivity contribution in [1.29, 1.82) is 0 Å². The number of amides is 2. The van der Waals surface area contributed by atoms with Crippen molar-refractivity contribution in [1.82, 2.24) is 10.3 Å². The second kappa shape index (κ2) is 5.38. The lowest BCUT2D eigenvalue weighted by Crippen LogP contribution is -2.34.